The Morgan fingerprint density at radius 3 is 1.93 bits per heavy atom. The normalized spacial score (nSPS) is 14.4. The third kappa shape index (κ3) is 2.31. The zero-order chi connectivity index (χ0) is 19.0. The number of nitrogens with one attached hydrogen (secondary N) is 1. The fourth-order valence-corrected chi connectivity index (χ4v) is 4.61. The Bertz CT molecular complexity index is 1010. The quantitative estimate of drug-likeness (QED) is 0.517. The van der Waals surface area contributed by atoms with Crippen LogP contribution in [0.4, 0.5) is 5.69 Å². The monoisotopic (exact) mass is 351 g/mol. The predicted octanol–water partition coefficient (Wildman–Crippen LogP) is 6.67. The van der Waals surface area contributed by atoms with Crippen LogP contribution in [0.5, 0.6) is 0 Å². The first-order valence-corrected chi connectivity index (χ1v) is 9.45. The highest BCUT2D eigenvalue weighted by molar-refractivity contribution is 5.96. The summed E-state index contributed by atoms with van der Waals surface area (Å²) in [5.41, 5.74) is 9.57. The molecule has 1 aliphatic carbocycles. The molecule has 0 unspecified atom stereocenters. The van der Waals surface area contributed by atoms with Crippen molar-refractivity contribution in [2.45, 2.75) is 19.3 Å². The molecule has 0 radical (unpaired) electrons. The van der Waals surface area contributed by atoms with E-state index >= 15 is 0 Å². The van der Waals surface area contributed by atoms with Crippen LogP contribution in [0.3, 0.4) is 0 Å². The third-order valence-electron chi connectivity index (χ3n) is 5.95. The molecule has 1 aliphatic rings. The zero-order valence-corrected chi connectivity index (χ0v) is 16.2. The van der Waals surface area contributed by atoms with Gasteiger partial charge >= 0.3 is 0 Å². The number of para-hydroxylation sites is 1. The van der Waals surface area contributed by atoms with E-state index in [0.29, 0.717) is 0 Å². The molecule has 0 saturated carbocycles. The van der Waals surface area contributed by atoms with Gasteiger partial charge in [0.05, 0.1) is 5.41 Å². The highest BCUT2D eigenvalue weighted by atomic mass is 14.8. The minimum Gasteiger partial charge on any atom is -0.388 e. The third-order valence-corrected chi connectivity index (χ3v) is 5.95. The summed E-state index contributed by atoms with van der Waals surface area (Å²) in [7, 11) is 1.97. The number of fused-ring (bicyclic) bond motifs is 3. The maximum atomic E-state index is 4.67. The summed E-state index contributed by atoms with van der Waals surface area (Å²) in [4.78, 5) is 0. The topological polar surface area (TPSA) is 12.0 Å². The fraction of sp³-hybridized carbons (Fsp3) is 0.154. The molecule has 3 aromatic rings. The van der Waals surface area contributed by atoms with Crippen LogP contribution < -0.4 is 5.32 Å². The predicted molar refractivity (Wildman–Crippen MR) is 117 cm³/mol. The second-order valence-corrected chi connectivity index (χ2v) is 7.09. The molecule has 0 heterocycles. The largest absolute Gasteiger partial charge is 0.388 e. The minimum absolute atomic E-state index is 0.352. The first-order chi connectivity index (χ1) is 13.2. The van der Waals surface area contributed by atoms with Crippen LogP contribution in [-0.2, 0) is 5.41 Å². The van der Waals surface area contributed by atoms with Gasteiger partial charge in [-0.15, -0.1) is 0 Å². The molecule has 134 valence electrons. The molecule has 0 aliphatic heterocycles. The molecule has 0 fully saturated rings. The van der Waals surface area contributed by atoms with Gasteiger partial charge in [-0.3, -0.25) is 0 Å². The van der Waals surface area contributed by atoms with Crippen molar-refractivity contribution < 1.29 is 0 Å². The van der Waals surface area contributed by atoms with E-state index in [1.54, 1.807) is 0 Å². The molecular weight excluding hydrogens is 326 g/mol. The lowest BCUT2D eigenvalue weighted by molar-refractivity contribution is 0.802. The Labute approximate surface area is 162 Å². The summed E-state index contributed by atoms with van der Waals surface area (Å²) in [5.74, 6) is 0. The van der Waals surface area contributed by atoms with Gasteiger partial charge < -0.3 is 5.32 Å². The van der Waals surface area contributed by atoms with Crippen LogP contribution in [0.2, 0.25) is 0 Å². The molecule has 4 rings (SSSR count). The smallest absolute Gasteiger partial charge is 0.0671 e. The van der Waals surface area contributed by atoms with Gasteiger partial charge in [-0.05, 0) is 47.7 Å². The van der Waals surface area contributed by atoms with Crippen LogP contribution in [0.25, 0.3) is 16.7 Å². The van der Waals surface area contributed by atoms with Crippen molar-refractivity contribution in [3.8, 4) is 11.1 Å². The van der Waals surface area contributed by atoms with Crippen molar-refractivity contribution >= 4 is 11.3 Å². The standard InChI is InChI=1S/C26H25N/c1-5-18(2)26(19(3)20-12-8-11-17-25(20)27-4)23-15-9-6-13-21(23)22-14-7-10-16-24(22)26/h5-17,27H,3H2,1-2,4H3/b18-5+. The van der Waals surface area contributed by atoms with E-state index in [9.17, 15) is 0 Å². The van der Waals surface area contributed by atoms with Gasteiger partial charge in [0.1, 0.15) is 0 Å². The van der Waals surface area contributed by atoms with E-state index in [-0.39, 0.29) is 5.41 Å². The van der Waals surface area contributed by atoms with Crippen LogP contribution in [0.15, 0.2) is 91.0 Å². The molecule has 0 spiro atoms. The molecule has 1 heteroatoms. The Balaban J connectivity index is 2.11. The van der Waals surface area contributed by atoms with Gasteiger partial charge in [-0.2, -0.15) is 0 Å². The maximum Gasteiger partial charge on any atom is 0.0671 e. The summed E-state index contributed by atoms with van der Waals surface area (Å²) in [6.07, 6.45) is 2.23. The van der Waals surface area contributed by atoms with Crippen LogP contribution >= 0.6 is 0 Å². The Morgan fingerprint density at radius 2 is 1.37 bits per heavy atom. The number of hydrogen-bond donors (Lipinski definition) is 1. The summed E-state index contributed by atoms with van der Waals surface area (Å²) in [6, 6.07) is 26.0. The molecule has 0 saturated heterocycles. The zero-order valence-electron chi connectivity index (χ0n) is 16.2. The van der Waals surface area contributed by atoms with Crippen molar-refractivity contribution in [2.24, 2.45) is 0 Å². The molecule has 0 atom stereocenters. The lowest BCUT2D eigenvalue weighted by Crippen LogP contribution is -2.28. The second kappa shape index (κ2) is 6.59. The molecule has 27 heavy (non-hydrogen) atoms. The Kier molecular flexibility index (Phi) is 4.24. The molecule has 0 amide bonds. The molecule has 0 bridgehead atoms. The van der Waals surface area contributed by atoms with Gasteiger partial charge in [0.2, 0.25) is 0 Å². The van der Waals surface area contributed by atoms with Gasteiger partial charge in [0.15, 0.2) is 0 Å². The lowest BCUT2D eigenvalue weighted by atomic mass is 9.65. The van der Waals surface area contributed by atoms with Gasteiger partial charge in [-0.25, -0.2) is 0 Å². The maximum absolute atomic E-state index is 4.67. The summed E-state index contributed by atoms with van der Waals surface area (Å²) in [6.45, 7) is 9.02. The molecule has 3 aromatic carbocycles. The average Bonchev–Trinajstić information content (AvgIpc) is 3.04. The number of anilines is 1. The number of allylic oxidation sites excluding steroid dienone is 3. The minimum atomic E-state index is -0.352. The number of hydrogen-bond acceptors (Lipinski definition) is 1. The average molecular weight is 351 g/mol. The summed E-state index contributed by atoms with van der Waals surface area (Å²) < 4.78 is 0. The van der Waals surface area contributed by atoms with E-state index in [0.717, 1.165) is 16.8 Å². The highest BCUT2D eigenvalue weighted by Gasteiger charge is 2.46. The van der Waals surface area contributed by atoms with E-state index in [4.69, 9.17) is 0 Å². The van der Waals surface area contributed by atoms with Crippen molar-refractivity contribution in [3.63, 3.8) is 0 Å². The second-order valence-electron chi connectivity index (χ2n) is 7.09. The van der Waals surface area contributed by atoms with E-state index in [1.165, 1.54) is 27.8 Å². The van der Waals surface area contributed by atoms with E-state index in [1.807, 2.05) is 7.05 Å². The van der Waals surface area contributed by atoms with Gasteiger partial charge in [-0.1, -0.05) is 85.0 Å². The molecule has 0 aromatic heterocycles. The Hall–Kier alpha value is -3.06. The lowest BCUT2D eigenvalue weighted by Gasteiger charge is -2.36. The molecule has 1 nitrogen and oxygen atoms in total. The molecular formula is C26H25N. The SMILES string of the molecule is C=C(c1ccccc1NC)C1(/C(C)=C/C)c2ccccc2-c2ccccc21. The van der Waals surface area contributed by atoms with Gasteiger partial charge in [0, 0.05) is 18.3 Å². The van der Waals surface area contributed by atoms with E-state index < -0.39 is 0 Å². The van der Waals surface area contributed by atoms with Gasteiger partial charge in [0.25, 0.3) is 0 Å². The number of benzene rings is 3. The fourth-order valence-electron chi connectivity index (χ4n) is 4.61. The van der Waals surface area contributed by atoms with Crippen molar-refractivity contribution in [1.82, 2.24) is 0 Å². The van der Waals surface area contributed by atoms with Crippen molar-refractivity contribution in [2.75, 3.05) is 12.4 Å². The van der Waals surface area contributed by atoms with Crippen LogP contribution in [0, 0.1) is 0 Å². The van der Waals surface area contributed by atoms with Crippen molar-refractivity contribution in [3.05, 3.63) is 108 Å². The van der Waals surface area contributed by atoms with Crippen molar-refractivity contribution in [1.29, 1.82) is 0 Å². The first kappa shape index (κ1) is 17.4. The first-order valence-electron chi connectivity index (χ1n) is 9.45. The number of rotatable bonds is 4. The molecule has 1 N–H and O–H groups in total. The summed E-state index contributed by atoms with van der Waals surface area (Å²) in [5, 5.41) is 3.34. The van der Waals surface area contributed by atoms with E-state index in [2.05, 4.69) is 105 Å². The highest BCUT2D eigenvalue weighted by Crippen LogP contribution is 2.58. The van der Waals surface area contributed by atoms with Crippen LogP contribution in [0.1, 0.15) is 30.5 Å². The summed E-state index contributed by atoms with van der Waals surface area (Å²) >= 11 is 0. The Morgan fingerprint density at radius 1 is 0.852 bits per heavy atom. The van der Waals surface area contributed by atoms with Crippen LogP contribution in [-0.4, -0.2) is 7.05 Å².